The molecule has 0 fully saturated rings. The lowest BCUT2D eigenvalue weighted by molar-refractivity contribution is -0.387. The average Bonchev–Trinajstić information content (AvgIpc) is 2.79. The summed E-state index contributed by atoms with van der Waals surface area (Å²) in [5.74, 6) is -0.742. The van der Waals surface area contributed by atoms with Crippen LogP contribution < -0.4 is 0 Å². The summed E-state index contributed by atoms with van der Waals surface area (Å²) in [6.07, 6.45) is 1.90. The highest BCUT2D eigenvalue weighted by Crippen LogP contribution is 2.42. The molecular weight excluding hydrogens is 488 g/mol. The van der Waals surface area contributed by atoms with Gasteiger partial charge in [0.2, 0.25) is 0 Å². The Morgan fingerprint density at radius 1 is 1.14 bits per heavy atom. The van der Waals surface area contributed by atoms with Crippen molar-refractivity contribution in [2.24, 2.45) is 0 Å². The predicted octanol–water partition coefficient (Wildman–Crippen LogP) is 5.29. The lowest BCUT2D eigenvalue weighted by Gasteiger charge is -2.42. The predicted molar refractivity (Wildman–Crippen MR) is 139 cm³/mol. The van der Waals surface area contributed by atoms with Gasteiger partial charge in [-0.15, -0.1) is 6.58 Å². The van der Waals surface area contributed by atoms with Gasteiger partial charge in [-0.1, -0.05) is 59.8 Å². The first-order valence-electron chi connectivity index (χ1n) is 11.9. The number of hydrogen-bond donors (Lipinski definition) is 0. The number of nitrogens with zero attached hydrogens (tertiary/aromatic N) is 2. The number of carbonyl (C=O) groups is 1. The zero-order valence-electron chi connectivity index (χ0n) is 21.9. The Bertz CT molecular complexity index is 958. The van der Waals surface area contributed by atoms with Crippen molar-refractivity contribution in [1.82, 2.24) is 4.31 Å². The molecule has 11 heteroatoms. The second-order valence-corrected chi connectivity index (χ2v) is 16.8. The molecule has 198 valence electrons. The summed E-state index contributed by atoms with van der Waals surface area (Å²) in [6, 6.07) is 3.89. The Kier molecular flexibility index (Phi) is 11.7. The molecule has 0 N–H and O–H groups in total. The van der Waals surface area contributed by atoms with Gasteiger partial charge in [0.25, 0.3) is 15.7 Å². The molecule has 0 radical (unpaired) electrons. The lowest BCUT2D eigenvalue weighted by Crippen LogP contribution is -2.48. The normalized spacial score (nSPS) is 13.5. The maximum atomic E-state index is 13.5. The van der Waals surface area contributed by atoms with E-state index >= 15 is 0 Å². The average molecular weight is 529 g/mol. The second-order valence-electron chi connectivity index (χ2n) is 9.44. The van der Waals surface area contributed by atoms with Crippen LogP contribution in [0.3, 0.4) is 0 Å². The fourth-order valence-electron chi connectivity index (χ4n) is 5.01. The molecule has 1 aromatic carbocycles. The van der Waals surface area contributed by atoms with E-state index in [2.05, 4.69) is 48.1 Å². The largest absolute Gasteiger partial charge is 0.468 e. The van der Waals surface area contributed by atoms with Gasteiger partial charge in [-0.2, -0.15) is 4.31 Å². The molecule has 1 atom stereocenters. The zero-order valence-corrected chi connectivity index (χ0v) is 23.7. The number of rotatable bonds is 15. The summed E-state index contributed by atoms with van der Waals surface area (Å²) in [5.41, 5.74) is 0.593. The van der Waals surface area contributed by atoms with Crippen LogP contribution in [0.4, 0.5) is 5.69 Å². The Hall–Kier alpha value is -2.08. The third kappa shape index (κ3) is 6.99. The molecule has 1 rings (SSSR count). The van der Waals surface area contributed by atoms with Crippen LogP contribution in [0.25, 0.3) is 0 Å². The minimum atomic E-state index is -4.41. The van der Waals surface area contributed by atoms with Crippen LogP contribution in [0.2, 0.25) is 16.6 Å². The number of methoxy groups -OCH3 is 1. The monoisotopic (exact) mass is 528 g/mol. The topological polar surface area (TPSA) is 116 Å². The maximum Gasteiger partial charge on any atom is 0.324 e. The van der Waals surface area contributed by atoms with Crippen LogP contribution in [0.5, 0.6) is 0 Å². The number of nitro groups is 1. The Balaban J connectivity index is 3.28. The molecule has 0 unspecified atom stereocenters. The molecule has 0 spiro atoms. The van der Waals surface area contributed by atoms with Crippen LogP contribution >= 0.6 is 0 Å². The van der Waals surface area contributed by atoms with Crippen molar-refractivity contribution in [1.29, 1.82) is 0 Å². The van der Waals surface area contributed by atoms with Gasteiger partial charge in [0, 0.05) is 19.2 Å². The molecule has 0 saturated carbocycles. The zero-order chi connectivity index (χ0) is 27.0. The van der Waals surface area contributed by atoms with Gasteiger partial charge in [0.05, 0.1) is 12.0 Å². The van der Waals surface area contributed by atoms with Crippen molar-refractivity contribution in [2.45, 2.75) is 81.9 Å². The number of esters is 1. The first-order valence-corrected chi connectivity index (χ1v) is 15.4. The first-order chi connectivity index (χ1) is 16.3. The fraction of sp³-hybridized carbons (Fsp3) is 0.625. The molecule has 0 saturated heterocycles. The smallest absolute Gasteiger partial charge is 0.324 e. The van der Waals surface area contributed by atoms with Crippen LogP contribution in [0.1, 0.15) is 54.4 Å². The highest BCUT2D eigenvalue weighted by Gasteiger charge is 2.45. The van der Waals surface area contributed by atoms with Crippen molar-refractivity contribution < 1.29 is 27.3 Å². The highest BCUT2D eigenvalue weighted by atomic mass is 32.2. The molecule has 0 heterocycles. The molecule has 1 aromatic rings. The number of carbonyl (C=O) groups excluding carboxylic acids is 1. The maximum absolute atomic E-state index is 13.5. The summed E-state index contributed by atoms with van der Waals surface area (Å²) >= 11 is 0. The Labute approximate surface area is 210 Å². The van der Waals surface area contributed by atoms with Crippen LogP contribution in [-0.2, 0) is 24.0 Å². The van der Waals surface area contributed by atoms with E-state index in [1.165, 1.54) is 25.3 Å². The SMILES string of the molecule is C=CCN([C@@H](CCCO[Si](C(C)C)(C(C)C)C(C)C)C(=O)OC)S(=O)(=O)c1ccccc1[N+](=O)[O-]. The van der Waals surface area contributed by atoms with E-state index in [0.717, 1.165) is 16.4 Å². The summed E-state index contributed by atoms with van der Waals surface area (Å²) in [6.45, 7) is 16.8. The van der Waals surface area contributed by atoms with Crippen LogP contribution in [0.15, 0.2) is 41.8 Å². The molecule has 0 aliphatic heterocycles. The lowest BCUT2D eigenvalue weighted by atomic mass is 10.1. The van der Waals surface area contributed by atoms with Crippen molar-refractivity contribution in [2.75, 3.05) is 20.3 Å². The van der Waals surface area contributed by atoms with Crippen molar-refractivity contribution >= 4 is 30.0 Å². The first kappa shape index (κ1) is 30.9. The minimum Gasteiger partial charge on any atom is -0.468 e. The Morgan fingerprint density at radius 2 is 1.69 bits per heavy atom. The van der Waals surface area contributed by atoms with E-state index in [0.29, 0.717) is 29.7 Å². The van der Waals surface area contributed by atoms with Gasteiger partial charge in [-0.05, 0) is 35.5 Å². The van der Waals surface area contributed by atoms with Gasteiger partial charge in [-0.3, -0.25) is 14.9 Å². The molecule has 0 bridgehead atoms. The third-order valence-electron chi connectivity index (χ3n) is 6.46. The van der Waals surface area contributed by atoms with Gasteiger partial charge in [0.15, 0.2) is 13.2 Å². The van der Waals surface area contributed by atoms with E-state index < -0.39 is 45.9 Å². The molecule has 35 heavy (non-hydrogen) atoms. The standard InChI is InChI=1S/C24H40N2O7SSi/c1-9-16-25(34(30,31)23-15-11-10-13-21(23)26(28)29)22(24(27)32-8)14-12-17-33-35(18(2)3,19(4)5)20(6)7/h9-11,13,15,18-20,22H,1,12,14,16-17H2,2-8H3/t22-/m0/s1. The molecule has 0 aromatic heterocycles. The number of para-hydroxylation sites is 1. The van der Waals surface area contributed by atoms with Gasteiger partial charge in [0.1, 0.15) is 6.04 Å². The summed E-state index contributed by atoms with van der Waals surface area (Å²) in [5, 5.41) is 11.5. The fourth-order valence-corrected chi connectivity index (χ4v) is 12.2. The number of nitro benzene ring substituents is 1. The van der Waals surface area contributed by atoms with E-state index in [-0.39, 0.29) is 13.0 Å². The van der Waals surface area contributed by atoms with E-state index in [4.69, 9.17) is 9.16 Å². The number of ether oxygens (including phenoxy) is 1. The quantitative estimate of drug-likeness (QED) is 0.0759. The van der Waals surface area contributed by atoms with Crippen molar-refractivity contribution in [3.8, 4) is 0 Å². The molecule has 9 nitrogen and oxygen atoms in total. The molecule has 0 amide bonds. The van der Waals surface area contributed by atoms with Crippen LogP contribution in [0, 0.1) is 10.1 Å². The van der Waals surface area contributed by atoms with Gasteiger partial charge in [-0.25, -0.2) is 8.42 Å². The van der Waals surface area contributed by atoms with Crippen molar-refractivity contribution in [3.63, 3.8) is 0 Å². The van der Waals surface area contributed by atoms with E-state index in [1.807, 2.05) is 0 Å². The Morgan fingerprint density at radius 3 is 2.14 bits per heavy atom. The van der Waals surface area contributed by atoms with Gasteiger partial charge >= 0.3 is 5.97 Å². The third-order valence-corrected chi connectivity index (χ3v) is 14.5. The van der Waals surface area contributed by atoms with Crippen molar-refractivity contribution in [3.05, 3.63) is 47.0 Å². The number of hydrogen-bond acceptors (Lipinski definition) is 7. The highest BCUT2D eigenvalue weighted by molar-refractivity contribution is 7.89. The second kappa shape index (κ2) is 13.3. The van der Waals surface area contributed by atoms with E-state index in [9.17, 15) is 23.3 Å². The summed E-state index contributed by atoms with van der Waals surface area (Å²) < 4.78 is 39.4. The van der Waals surface area contributed by atoms with E-state index in [1.54, 1.807) is 0 Å². The number of sulfonamides is 1. The molecule has 0 aliphatic carbocycles. The summed E-state index contributed by atoms with van der Waals surface area (Å²) in [7, 11) is -5.35. The van der Waals surface area contributed by atoms with Gasteiger partial charge < -0.3 is 9.16 Å². The summed E-state index contributed by atoms with van der Waals surface area (Å²) in [4.78, 5) is 22.9. The molecule has 0 aliphatic rings. The molecular formula is C24H40N2O7SSi. The minimum absolute atomic E-state index is 0.138. The number of benzene rings is 1. The van der Waals surface area contributed by atoms with Crippen LogP contribution in [-0.4, -0.2) is 58.2 Å².